The number of hydrogen-bond acceptors (Lipinski definition) is 2. The Labute approximate surface area is 108 Å². The summed E-state index contributed by atoms with van der Waals surface area (Å²) in [5, 5.41) is 4.21. The molecule has 2 rings (SSSR count). The number of rotatable bonds is 5. The van der Waals surface area contributed by atoms with E-state index in [0.717, 1.165) is 18.5 Å². The van der Waals surface area contributed by atoms with Crippen LogP contribution >= 0.6 is 0 Å². The molecule has 0 fully saturated rings. The van der Waals surface area contributed by atoms with Crippen molar-refractivity contribution in [3.63, 3.8) is 0 Å². The molecule has 0 bridgehead atoms. The van der Waals surface area contributed by atoms with Crippen molar-refractivity contribution >= 4 is 11.9 Å². The molecule has 0 amide bonds. The van der Waals surface area contributed by atoms with E-state index in [9.17, 15) is 0 Å². The summed E-state index contributed by atoms with van der Waals surface area (Å²) in [5.41, 5.74) is 6.66. The van der Waals surface area contributed by atoms with Gasteiger partial charge in [-0.1, -0.05) is 48.0 Å². The van der Waals surface area contributed by atoms with Gasteiger partial charge in [0.2, 0.25) is 0 Å². The van der Waals surface area contributed by atoms with Crippen molar-refractivity contribution < 1.29 is 0 Å². The molecule has 0 aliphatic carbocycles. The van der Waals surface area contributed by atoms with Crippen molar-refractivity contribution in [2.24, 2.45) is 5.10 Å². The Morgan fingerprint density at radius 3 is 2.44 bits per heavy atom. The van der Waals surface area contributed by atoms with Gasteiger partial charge in [-0.25, -0.2) is 0 Å². The third kappa shape index (κ3) is 4.06. The third-order valence-corrected chi connectivity index (χ3v) is 2.74. The van der Waals surface area contributed by atoms with Gasteiger partial charge < -0.3 is 0 Å². The van der Waals surface area contributed by atoms with Gasteiger partial charge in [0.25, 0.3) is 0 Å². The van der Waals surface area contributed by atoms with Crippen LogP contribution in [0, 0.1) is 6.92 Å². The van der Waals surface area contributed by atoms with E-state index in [-0.39, 0.29) is 0 Å². The minimum absolute atomic E-state index is 0.947. The van der Waals surface area contributed by atoms with Crippen molar-refractivity contribution in [1.29, 1.82) is 0 Å². The first-order valence-corrected chi connectivity index (χ1v) is 6.23. The van der Waals surface area contributed by atoms with E-state index in [0.29, 0.717) is 0 Å². The fraction of sp³-hybridized carbons (Fsp3) is 0.188. The van der Waals surface area contributed by atoms with Crippen molar-refractivity contribution in [3.8, 4) is 0 Å². The molecule has 92 valence electrons. The molecule has 0 aliphatic heterocycles. The van der Waals surface area contributed by atoms with Crippen LogP contribution in [0.4, 0.5) is 5.69 Å². The van der Waals surface area contributed by atoms with Crippen LogP contribution in [0.5, 0.6) is 0 Å². The van der Waals surface area contributed by atoms with Crippen LogP contribution in [0.3, 0.4) is 0 Å². The van der Waals surface area contributed by atoms with Crippen LogP contribution in [-0.2, 0) is 6.42 Å². The number of hydrogen-bond donors (Lipinski definition) is 1. The van der Waals surface area contributed by atoms with E-state index >= 15 is 0 Å². The lowest BCUT2D eigenvalue weighted by molar-refractivity contribution is 1.05. The van der Waals surface area contributed by atoms with Crippen LogP contribution in [0.15, 0.2) is 59.7 Å². The molecular weight excluding hydrogens is 220 g/mol. The summed E-state index contributed by atoms with van der Waals surface area (Å²) in [6, 6.07) is 18.7. The standard InChI is InChI=1S/C16H18N2/c1-14-9-11-16(12-10-14)18-17-13-5-8-15-6-3-2-4-7-15/h2-4,6-7,9-13,18H,5,8H2,1H3. The Morgan fingerprint density at radius 2 is 1.72 bits per heavy atom. The van der Waals surface area contributed by atoms with Gasteiger partial charge >= 0.3 is 0 Å². The summed E-state index contributed by atoms with van der Waals surface area (Å²) in [5.74, 6) is 0. The molecule has 2 aromatic rings. The molecule has 0 atom stereocenters. The maximum atomic E-state index is 4.21. The molecule has 2 aromatic carbocycles. The van der Waals surface area contributed by atoms with E-state index in [4.69, 9.17) is 0 Å². The fourth-order valence-electron chi connectivity index (χ4n) is 1.69. The molecule has 1 N–H and O–H groups in total. The molecule has 18 heavy (non-hydrogen) atoms. The SMILES string of the molecule is Cc1ccc(NN=CCCc2ccccc2)cc1. The van der Waals surface area contributed by atoms with Crippen LogP contribution < -0.4 is 5.43 Å². The van der Waals surface area contributed by atoms with E-state index in [2.05, 4.69) is 53.8 Å². The highest BCUT2D eigenvalue weighted by molar-refractivity contribution is 5.60. The molecule has 0 saturated heterocycles. The van der Waals surface area contributed by atoms with E-state index in [1.807, 2.05) is 24.4 Å². The van der Waals surface area contributed by atoms with E-state index in [1.165, 1.54) is 11.1 Å². The zero-order chi connectivity index (χ0) is 12.6. The summed E-state index contributed by atoms with van der Waals surface area (Å²) >= 11 is 0. The first-order chi connectivity index (χ1) is 8.84. The van der Waals surface area contributed by atoms with Gasteiger partial charge in [0.15, 0.2) is 0 Å². The third-order valence-electron chi connectivity index (χ3n) is 2.74. The number of hydrazone groups is 1. The highest BCUT2D eigenvalue weighted by Gasteiger charge is 1.90. The van der Waals surface area contributed by atoms with Gasteiger partial charge in [0.1, 0.15) is 0 Å². The summed E-state index contributed by atoms with van der Waals surface area (Å²) in [6.07, 6.45) is 3.90. The summed E-state index contributed by atoms with van der Waals surface area (Å²) in [6.45, 7) is 2.08. The molecule has 2 nitrogen and oxygen atoms in total. The molecular formula is C16H18N2. The normalized spacial score (nSPS) is 10.7. The maximum absolute atomic E-state index is 4.21. The Kier molecular flexibility index (Phi) is 4.53. The van der Waals surface area contributed by atoms with Crippen molar-refractivity contribution in [2.75, 3.05) is 5.43 Å². The lowest BCUT2D eigenvalue weighted by Gasteiger charge is -2.00. The zero-order valence-corrected chi connectivity index (χ0v) is 10.6. The Bertz CT molecular complexity index is 486. The largest absolute Gasteiger partial charge is 0.279 e. The lowest BCUT2D eigenvalue weighted by Crippen LogP contribution is -1.91. The van der Waals surface area contributed by atoms with Gasteiger partial charge in [0.05, 0.1) is 5.69 Å². The van der Waals surface area contributed by atoms with Crippen LogP contribution in [-0.4, -0.2) is 6.21 Å². The minimum Gasteiger partial charge on any atom is -0.279 e. The molecule has 0 saturated carbocycles. The monoisotopic (exact) mass is 238 g/mol. The average Bonchev–Trinajstić information content (AvgIpc) is 2.42. The average molecular weight is 238 g/mol. The molecule has 0 spiro atoms. The van der Waals surface area contributed by atoms with Crippen molar-refractivity contribution in [2.45, 2.75) is 19.8 Å². The number of benzene rings is 2. The summed E-state index contributed by atoms with van der Waals surface area (Å²) in [4.78, 5) is 0. The van der Waals surface area contributed by atoms with E-state index in [1.54, 1.807) is 0 Å². The second-order valence-corrected chi connectivity index (χ2v) is 4.31. The molecule has 0 radical (unpaired) electrons. The second kappa shape index (κ2) is 6.60. The number of aryl methyl sites for hydroxylation is 2. The molecule has 0 aliphatic rings. The number of anilines is 1. The maximum Gasteiger partial charge on any atom is 0.0561 e. The fourth-order valence-corrected chi connectivity index (χ4v) is 1.69. The smallest absolute Gasteiger partial charge is 0.0561 e. The zero-order valence-electron chi connectivity index (χ0n) is 10.6. The highest BCUT2D eigenvalue weighted by Crippen LogP contribution is 2.08. The van der Waals surface area contributed by atoms with Gasteiger partial charge in [-0.15, -0.1) is 0 Å². The molecule has 0 aromatic heterocycles. The highest BCUT2D eigenvalue weighted by atomic mass is 15.3. The topological polar surface area (TPSA) is 24.4 Å². The van der Waals surface area contributed by atoms with E-state index < -0.39 is 0 Å². The summed E-state index contributed by atoms with van der Waals surface area (Å²) < 4.78 is 0. The van der Waals surface area contributed by atoms with Crippen LogP contribution in [0.2, 0.25) is 0 Å². The second-order valence-electron chi connectivity index (χ2n) is 4.31. The molecule has 0 unspecified atom stereocenters. The Morgan fingerprint density at radius 1 is 1.00 bits per heavy atom. The van der Waals surface area contributed by atoms with Gasteiger partial charge in [0, 0.05) is 6.21 Å². The Hall–Kier alpha value is -2.09. The van der Waals surface area contributed by atoms with Crippen LogP contribution in [0.1, 0.15) is 17.5 Å². The number of nitrogens with one attached hydrogen (secondary N) is 1. The molecule has 0 heterocycles. The predicted octanol–water partition coefficient (Wildman–Crippen LogP) is 4.03. The quantitative estimate of drug-likeness (QED) is 0.617. The Balaban J connectivity index is 1.74. The first kappa shape index (κ1) is 12.4. The van der Waals surface area contributed by atoms with Crippen LogP contribution in [0.25, 0.3) is 0 Å². The predicted molar refractivity (Wildman–Crippen MR) is 78.1 cm³/mol. The van der Waals surface area contributed by atoms with Crippen molar-refractivity contribution in [3.05, 3.63) is 65.7 Å². The van der Waals surface area contributed by atoms with Crippen molar-refractivity contribution in [1.82, 2.24) is 0 Å². The lowest BCUT2D eigenvalue weighted by atomic mass is 10.1. The van der Waals surface area contributed by atoms with Gasteiger partial charge in [-0.05, 0) is 37.5 Å². The minimum atomic E-state index is 0.947. The van der Waals surface area contributed by atoms with Gasteiger partial charge in [-0.3, -0.25) is 5.43 Å². The molecule has 2 heteroatoms. The van der Waals surface area contributed by atoms with Gasteiger partial charge in [-0.2, -0.15) is 5.10 Å². The number of nitrogens with zero attached hydrogens (tertiary/aromatic N) is 1. The summed E-state index contributed by atoms with van der Waals surface area (Å²) in [7, 11) is 0. The first-order valence-electron chi connectivity index (χ1n) is 6.23.